The quantitative estimate of drug-likeness (QED) is 0.0978. The standard InChI is InChI=1S/C47H42FN3OSSi/c1-47(2,3)54(38-21-12-6-13-22-38,39-23-14-7-15-24-39)52-32-16-25-43-50-44(35-26-28-36(48)29-27-35)45(53-43)40-30-31-49-46-41(40)33-42(34-17-8-4-9-18-34)51(46)37-19-10-5-11-20-37/h4-15,17-24,26-31,33H,16,25,32H2,1-3H3. The van der Waals surface area contributed by atoms with Crippen LogP contribution >= 0.6 is 11.3 Å². The van der Waals surface area contributed by atoms with E-state index in [0.29, 0.717) is 6.61 Å². The normalized spacial score (nSPS) is 12.0. The molecule has 0 fully saturated rings. The van der Waals surface area contributed by atoms with E-state index in [0.717, 1.165) is 67.5 Å². The third kappa shape index (κ3) is 6.75. The molecular formula is C47H42FN3OSSi. The van der Waals surface area contributed by atoms with Crippen LogP contribution in [-0.2, 0) is 10.8 Å². The van der Waals surface area contributed by atoms with Gasteiger partial charge < -0.3 is 4.43 Å². The minimum atomic E-state index is -2.66. The molecule has 0 saturated carbocycles. The summed E-state index contributed by atoms with van der Waals surface area (Å²) < 4.78 is 23.7. The van der Waals surface area contributed by atoms with Crippen molar-refractivity contribution in [3.63, 3.8) is 0 Å². The third-order valence-electron chi connectivity index (χ3n) is 10.1. The maximum Gasteiger partial charge on any atom is 0.261 e. The Morgan fingerprint density at radius 3 is 1.91 bits per heavy atom. The molecule has 4 nitrogen and oxygen atoms in total. The molecule has 0 amide bonds. The lowest BCUT2D eigenvalue weighted by Crippen LogP contribution is -2.66. The summed E-state index contributed by atoms with van der Waals surface area (Å²) in [7, 11) is -2.66. The van der Waals surface area contributed by atoms with Crippen molar-refractivity contribution >= 4 is 41.1 Å². The van der Waals surface area contributed by atoms with Crippen LogP contribution in [0.2, 0.25) is 5.04 Å². The van der Waals surface area contributed by atoms with Gasteiger partial charge in [-0.05, 0) is 75.9 Å². The fourth-order valence-electron chi connectivity index (χ4n) is 7.62. The minimum absolute atomic E-state index is 0.0959. The smallest absolute Gasteiger partial charge is 0.261 e. The fourth-order valence-corrected chi connectivity index (χ4v) is 13.4. The van der Waals surface area contributed by atoms with Crippen molar-refractivity contribution in [3.05, 3.63) is 175 Å². The van der Waals surface area contributed by atoms with Crippen LogP contribution in [0.1, 0.15) is 32.2 Å². The summed E-state index contributed by atoms with van der Waals surface area (Å²) in [6.45, 7) is 7.54. The highest BCUT2D eigenvalue weighted by Gasteiger charge is 2.50. The maximum atomic E-state index is 14.2. The van der Waals surface area contributed by atoms with Gasteiger partial charge in [0.25, 0.3) is 8.32 Å². The number of aromatic nitrogens is 3. The zero-order chi connectivity index (χ0) is 37.1. The van der Waals surface area contributed by atoms with E-state index in [1.165, 1.54) is 22.5 Å². The summed E-state index contributed by atoms with van der Waals surface area (Å²) >= 11 is 1.70. The summed E-state index contributed by atoms with van der Waals surface area (Å²) in [6, 6.07) is 53.4. The minimum Gasteiger partial charge on any atom is -0.407 e. The molecule has 0 aliphatic heterocycles. The molecule has 5 aromatic carbocycles. The van der Waals surface area contributed by atoms with E-state index in [2.05, 4.69) is 147 Å². The predicted molar refractivity (Wildman–Crippen MR) is 225 cm³/mol. The molecule has 3 heterocycles. The van der Waals surface area contributed by atoms with E-state index in [4.69, 9.17) is 14.4 Å². The largest absolute Gasteiger partial charge is 0.407 e. The monoisotopic (exact) mass is 743 g/mol. The van der Waals surface area contributed by atoms with Crippen LogP contribution < -0.4 is 10.4 Å². The lowest BCUT2D eigenvalue weighted by Gasteiger charge is -2.43. The second-order valence-electron chi connectivity index (χ2n) is 14.6. The molecule has 8 aromatic rings. The van der Waals surface area contributed by atoms with Crippen LogP contribution in [0.25, 0.3) is 49.7 Å². The lowest BCUT2D eigenvalue weighted by molar-refractivity contribution is 0.292. The summed E-state index contributed by atoms with van der Waals surface area (Å²) in [4.78, 5) is 11.3. The Morgan fingerprint density at radius 1 is 0.704 bits per heavy atom. The number of rotatable bonds is 11. The molecule has 0 spiro atoms. The van der Waals surface area contributed by atoms with Crippen LogP contribution in [0.3, 0.4) is 0 Å². The number of pyridine rings is 1. The van der Waals surface area contributed by atoms with Crippen LogP contribution in [0.4, 0.5) is 4.39 Å². The Hall–Kier alpha value is -5.47. The first kappa shape index (κ1) is 35.6. The van der Waals surface area contributed by atoms with Crippen molar-refractivity contribution in [3.8, 4) is 38.6 Å². The SMILES string of the molecule is CC(C)(C)[Si](OCCCc1nc(-c2ccc(F)cc2)c(-c2ccnc3c2cc(-c2ccccc2)n3-c2ccccc2)s1)(c1ccccc1)c1ccccc1. The molecule has 0 N–H and O–H groups in total. The second-order valence-corrected chi connectivity index (χ2v) is 20.0. The van der Waals surface area contributed by atoms with Crippen molar-refractivity contribution in [1.82, 2.24) is 14.5 Å². The molecule has 0 atom stereocenters. The molecule has 268 valence electrons. The molecule has 0 aliphatic carbocycles. The van der Waals surface area contributed by atoms with Crippen molar-refractivity contribution < 1.29 is 8.82 Å². The molecular weight excluding hydrogens is 702 g/mol. The Balaban J connectivity index is 1.18. The van der Waals surface area contributed by atoms with Gasteiger partial charge in [0.15, 0.2) is 0 Å². The average molecular weight is 744 g/mol. The molecule has 3 aromatic heterocycles. The van der Waals surface area contributed by atoms with E-state index in [1.807, 2.05) is 30.5 Å². The van der Waals surface area contributed by atoms with E-state index in [9.17, 15) is 4.39 Å². The van der Waals surface area contributed by atoms with Gasteiger partial charge in [-0.25, -0.2) is 14.4 Å². The summed E-state index contributed by atoms with van der Waals surface area (Å²) in [5.41, 5.74) is 6.87. The molecule has 0 bridgehead atoms. The molecule has 7 heteroatoms. The van der Waals surface area contributed by atoms with Crippen molar-refractivity contribution in [2.45, 2.75) is 38.7 Å². The Bertz CT molecular complexity index is 2440. The van der Waals surface area contributed by atoms with Crippen LogP contribution in [-0.4, -0.2) is 29.5 Å². The average Bonchev–Trinajstić information content (AvgIpc) is 3.81. The fraction of sp³-hybridized carbons (Fsp3) is 0.149. The molecule has 0 aliphatic rings. The molecule has 0 saturated heterocycles. The highest BCUT2D eigenvalue weighted by Crippen LogP contribution is 2.43. The zero-order valence-corrected chi connectivity index (χ0v) is 32.6. The van der Waals surface area contributed by atoms with Gasteiger partial charge in [-0.2, -0.15) is 0 Å². The van der Waals surface area contributed by atoms with Gasteiger partial charge in [-0.15, -0.1) is 11.3 Å². The number of hydrogen-bond donors (Lipinski definition) is 0. The number of fused-ring (bicyclic) bond motifs is 1. The number of thiazole rings is 1. The second kappa shape index (κ2) is 15.1. The number of hydrogen-bond acceptors (Lipinski definition) is 4. The van der Waals surface area contributed by atoms with Gasteiger partial charge in [0.2, 0.25) is 0 Å². The first-order chi connectivity index (χ1) is 26.3. The van der Waals surface area contributed by atoms with Gasteiger partial charge in [-0.3, -0.25) is 4.57 Å². The van der Waals surface area contributed by atoms with Crippen LogP contribution in [0, 0.1) is 5.82 Å². The van der Waals surface area contributed by atoms with Crippen molar-refractivity contribution in [1.29, 1.82) is 0 Å². The number of benzene rings is 5. The number of nitrogens with zero attached hydrogens (tertiary/aromatic N) is 3. The third-order valence-corrected chi connectivity index (χ3v) is 16.3. The number of aryl methyl sites for hydroxylation is 1. The summed E-state index contributed by atoms with van der Waals surface area (Å²) in [5, 5.41) is 4.51. The van der Waals surface area contributed by atoms with Gasteiger partial charge in [-0.1, -0.05) is 130 Å². The van der Waals surface area contributed by atoms with E-state index < -0.39 is 8.32 Å². The van der Waals surface area contributed by atoms with E-state index >= 15 is 0 Å². The zero-order valence-electron chi connectivity index (χ0n) is 30.7. The predicted octanol–water partition coefficient (Wildman–Crippen LogP) is 11.1. The Morgan fingerprint density at radius 2 is 1.30 bits per heavy atom. The number of para-hydroxylation sites is 1. The van der Waals surface area contributed by atoms with Crippen LogP contribution in [0.5, 0.6) is 0 Å². The number of halogens is 1. The summed E-state index contributed by atoms with van der Waals surface area (Å²) in [6.07, 6.45) is 3.46. The topological polar surface area (TPSA) is 39.9 Å². The lowest BCUT2D eigenvalue weighted by atomic mass is 10.0. The molecule has 0 unspecified atom stereocenters. The van der Waals surface area contributed by atoms with Gasteiger partial charge in [0.05, 0.1) is 21.3 Å². The van der Waals surface area contributed by atoms with Crippen LogP contribution in [0.15, 0.2) is 164 Å². The van der Waals surface area contributed by atoms with Crippen molar-refractivity contribution in [2.24, 2.45) is 0 Å². The van der Waals surface area contributed by atoms with E-state index in [-0.39, 0.29) is 10.9 Å². The molecule has 8 rings (SSSR count). The van der Waals surface area contributed by atoms with Crippen molar-refractivity contribution in [2.75, 3.05) is 6.61 Å². The van der Waals surface area contributed by atoms with Gasteiger partial charge in [0.1, 0.15) is 11.5 Å². The maximum absolute atomic E-state index is 14.2. The highest BCUT2D eigenvalue weighted by atomic mass is 32.1. The van der Waals surface area contributed by atoms with E-state index in [1.54, 1.807) is 11.3 Å². The molecule has 0 radical (unpaired) electrons. The highest BCUT2D eigenvalue weighted by molar-refractivity contribution is 7.15. The van der Waals surface area contributed by atoms with Gasteiger partial charge in [0, 0.05) is 41.4 Å². The Kier molecular flexibility index (Phi) is 9.95. The summed E-state index contributed by atoms with van der Waals surface area (Å²) in [5.74, 6) is -0.269. The first-order valence-electron chi connectivity index (χ1n) is 18.5. The Labute approximate surface area is 321 Å². The first-order valence-corrected chi connectivity index (χ1v) is 21.2. The van der Waals surface area contributed by atoms with Gasteiger partial charge >= 0.3 is 0 Å². The molecule has 54 heavy (non-hydrogen) atoms.